The number of aryl methyl sites for hydroxylation is 1. The molecule has 170 valence electrons. The third-order valence-electron chi connectivity index (χ3n) is 4.52. The maximum atomic E-state index is 12.4. The number of carbonyl (C=O) groups excluding carboxylic acids is 2. The summed E-state index contributed by atoms with van der Waals surface area (Å²) in [6.45, 7) is 5.40. The predicted octanol–water partition coefficient (Wildman–Crippen LogP) is 3.60. The molecule has 0 unspecified atom stereocenters. The molecule has 7 heteroatoms. The predicted molar refractivity (Wildman–Crippen MR) is 118 cm³/mol. The SMILES string of the molecule is COC(OC)[C@H](CC(=O)OC(C)(C)C)NC(=O)CCCCCCc1cccc(N)c1. The second-order valence-corrected chi connectivity index (χ2v) is 8.46. The molecule has 7 nitrogen and oxygen atoms in total. The molecule has 1 atom stereocenters. The van der Waals surface area contributed by atoms with Crippen LogP contribution in [0.5, 0.6) is 0 Å². The molecular formula is C23H38N2O5. The number of nitrogen functional groups attached to an aromatic ring is 1. The Hall–Kier alpha value is -2.12. The highest BCUT2D eigenvalue weighted by Crippen LogP contribution is 2.14. The van der Waals surface area contributed by atoms with Crippen LogP contribution < -0.4 is 11.1 Å². The van der Waals surface area contributed by atoms with Gasteiger partial charge in [-0.1, -0.05) is 25.0 Å². The molecule has 0 fully saturated rings. The first-order chi connectivity index (χ1) is 14.1. The van der Waals surface area contributed by atoms with Crippen molar-refractivity contribution in [1.29, 1.82) is 0 Å². The van der Waals surface area contributed by atoms with Gasteiger partial charge >= 0.3 is 5.97 Å². The number of esters is 1. The number of methoxy groups -OCH3 is 2. The minimum atomic E-state index is -0.722. The maximum Gasteiger partial charge on any atom is 0.308 e. The topological polar surface area (TPSA) is 99.9 Å². The molecule has 1 aromatic carbocycles. The Kier molecular flexibility index (Phi) is 11.4. The van der Waals surface area contributed by atoms with Crippen molar-refractivity contribution in [2.75, 3.05) is 20.0 Å². The van der Waals surface area contributed by atoms with E-state index in [-0.39, 0.29) is 12.3 Å². The summed E-state index contributed by atoms with van der Waals surface area (Å²) in [6.07, 6.45) is 4.48. The normalized spacial score (nSPS) is 12.6. The molecule has 0 radical (unpaired) electrons. The van der Waals surface area contributed by atoms with Crippen LogP contribution in [0.3, 0.4) is 0 Å². The molecule has 0 aliphatic heterocycles. The lowest BCUT2D eigenvalue weighted by atomic mass is 10.0. The molecule has 30 heavy (non-hydrogen) atoms. The number of nitrogens with two attached hydrogens (primary N) is 1. The Balaban J connectivity index is 2.37. The largest absolute Gasteiger partial charge is 0.460 e. The molecule has 0 spiro atoms. The quantitative estimate of drug-likeness (QED) is 0.218. The first-order valence-corrected chi connectivity index (χ1v) is 10.6. The molecule has 0 saturated carbocycles. The van der Waals surface area contributed by atoms with E-state index in [1.54, 1.807) is 20.8 Å². The number of benzene rings is 1. The highest BCUT2D eigenvalue weighted by Gasteiger charge is 2.28. The zero-order chi connectivity index (χ0) is 22.6. The van der Waals surface area contributed by atoms with E-state index in [0.717, 1.165) is 37.8 Å². The molecule has 0 aromatic heterocycles. The van der Waals surface area contributed by atoms with Crippen molar-refractivity contribution >= 4 is 17.6 Å². The molecule has 0 bridgehead atoms. The van der Waals surface area contributed by atoms with Gasteiger partial charge in [0.2, 0.25) is 5.91 Å². The van der Waals surface area contributed by atoms with Crippen molar-refractivity contribution in [3.63, 3.8) is 0 Å². The summed E-state index contributed by atoms with van der Waals surface area (Å²) in [7, 11) is 2.95. The lowest BCUT2D eigenvalue weighted by Gasteiger charge is -2.27. The van der Waals surface area contributed by atoms with Gasteiger partial charge in [0.1, 0.15) is 5.60 Å². The van der Waals surface area contributed by atoms with E-state index in [1.165, 1.54) is 19.8 Å². The lowest BCUT2D eigenvalue weighted by Crippen LogP contribution is -2.47. The summed E-state index contributed by atoms with van der Waals surface area (Å²) >= 11 is 0. The first-order valence-electron chi connectivity index (χ1n) is 10.6. The van der Waals surface area contributed by atoms with Gasteiger partial charge in [-0.3, -0.25) is 9.59 Å². The number of unbranched alkanes of at least 4 members (excludes halogenated alkanes) is 3. The maximum absolute atomic E-state index is 12.4. The molecule has 0 saturated heterocycles. The van der Waals surface area contributed by atoms with E-state index in [2.05, 4.69) is 11.4 Å². The minimum Gasteiger partial charge on any atom is -0.460 e. The Morgan fingerprint density at radius 1 is 1.07 bits per heavy atom. The third-order valence-corrected chi connectivity index (χ3v) is 4.52. The zero-order valence-corrected chi connectivity index (χ0v) is 19.0. The Morgan fingerprint density at radius 2 is 1.73 bits per heavy atom. The Bertz CT molecular complexity index is 653. The molecule has 0 aliphatic carbocycles. The van der Waals surface area contributed by atoms with Crippen LogP contribution in [0.1, 0.15) is 64.9 Å². The third kappa shape index (κ3) is 11.2. The highest BCUT2D eigenvalue weighted by molar-refractivity contribution is 5.77. The molecule has 0 aliphatic rings. The van der Waals surface area contributed by atoms with Crippen LogP contribution in [0.25, 0.3) is 0 Å². The smallest absolute Gasteiger partial charge is 0.308 e. The summed E-state index contributed by atoms with van der Waals surface area (Å²) in [6, 6.07) is 7.33. The number of ether oxygens (including phenoxy) is 3. The van der Waals surface area contributed by atoms with Crippen molar-refractivity contribution in [3.05, 3.63) is 29.8 Å². The van der Waals surface area contributed by atoms with Crippen molar-refractivity contribution in [2.24, 2.45) is 0 Å². The molecule has 3 N–H and O–H groups in total. The van der Waals surface area contributed by atoms with Crippen molar-refractivity contribution < 1.29 is 23.8 Å². The van der Waals surface area contributed by atoms with Crippen LogP contribution in [-0.4, -0.2) is 44.0 Å². The van der Waals surface area contributed by atoms with Gasteiger partial charge in [0.15, 0.2) is 6.29 Å². The van der Waals surface area contributed by atoms with Gasteiger partial charge in [-0.25, -0.2) is 0 Å². The number of anilines is 1. The van der Waals surface area contributed by atoms with Crippen molar-refractivity contribution in [2.45, 2.75) is 83.6 Å². The highest BCUT2D eigenvalue weighted by atomic mass is 16.7. The second kappa shape index (κ2) is 13.2. The van der Waals surface area contributed by atoms with Crippen molar-refractivity contribution in [1.82, 2.24) is 5.32 Å². The minimum absolute atomic E-state index is 0.0183. The van der Waals surface area contributed by atoms with E-state index >= 15 is 0 Å². The standard InChI is InChI=1S/C23H38N2O5/c1-23(2,3)30-21(27)16-19(22(28-4)29-5)25-20(26)14-9-7-6-8-11-17-12-10-13-18(24)15-17/h10,12-13,15,19,22H,6-9,11,14,16,24H2,1-5H3,(H,25,26)/t19-/m0/s1. The van der Waals surface area contributed by atoms with Gasteiger partial charge in [-0.2, -0.15) is 0 Å². The number of amides is 1. The molecular weight excluding hydrogens is 384 g/mol. The number of carbonyl (C=O) groups is 2. The number of nitrogens with one attached hydrogen (secondary N) is 1. The Labute approximate surface area is 180 Å². The average Bonchev–Trinajstić information content (AvgIpc) is 2.64. The lowest BCUT2D eigenvalue weighted by molar-refractivity contribution is -0.163. The van der Waals surface area contributed by atoms with E-state index in [4.69, 9.17) is 19.9 Å². The molecule has 1 rings (SSSR count). The monoisotopic (exact) mass is 422 g/mol. The van der Waals surface area contributed by atoms with Gasteiger partial charge in [0.25, 0.3) is 0 Å². The van der Waals surface area contributed by atoms with Crippen LogP contribution in [0.2, 0.25) is 0 Å². The zero-order valence-electron chi connectivity index (χ0n) is 19.0. The number of hydrogen-bond donors (Lipinski definition) is 2. The van der Waals surface area contributed by atoms with Gasteiger partial charge < -0.3 is 25.3 Å². The van der Waals surface area contributed by atoms with Crippen molar-refractivity contribution in [3.8, 4) is 0 Å². The summed E-state index contributed by atoms with van der Waals surface area (Å²) in [5.41, 5.74) is 7.23. The summed E-state index contributed by atoms with van der Waals surface area (Å²) in [5.74, 6) is -0.535. The van der Waals surface area contributed by atoms with E-state index in [1.807, 2.05) is 18.2 Å². The van der Waals surface area contributed by atoms with Gasteiger partial charge in [-0.05, 0) is 57.7 Å². The number of rotatable bonds is 13. The van der Waals surface area contributed by atoms with E-state index in [9.17, 15) is 9.59 Å². The second-order valence-electron chi connectivity index (χ2n) is 8.46. The van der Waals surface area contributed by atoms with Crippen LogP contribution in [-0.2, 0) is 30.2 Å². The first kappa shape index (κ1) is 25.9. The fourth-order valence-electron chi connectivity index (χ4n) is 3.20. The van der Waals surface area contributed by atoms with Gasteiger partial charge in [-0.15, -0.1) is 0 Å². The fraction of sp³-hybridized carbons (Fsp3) is 0.652. The molecule has 0 heterocycles. The van der Waals surface area contributed by atoms with E-state index in [0.29, 0.717) is 6.42 Å². The molecule has 1 amide bonds. The van der Waals surface area contributed by atoms with Crippen LogP contribution in [0.15, 0.2) is 24.3 Å². The van der Waals surface area contributed by atoms with Crippen LogP contribution >= 0.6 is 0 Å². The van der Waals surface area contributed by atoms with Gasteiger partial charge in [0.05, 0.1) is 12.5 Å². The van der Waals surface area contributed by atoms with Crippen LogP contribution in [0.4, 0.5) is 5.69 Å². The van der Waals surface area contributed by atoms with Crippen LogP contribution in [0, 0.1) is 0 Å². The summed E-state index contributed by atoms with van der Waals surface area (Å²) < 4.78 is 15.8. The summed E-state index contributed by atoms with van der Waals surface area (Å²) in [4.78, 5) is 24.5. The molecule has 1 aromatic rings. The average molecular weight is 423 g/mol. The Morgan fingerprint density at radius 3 is 2.33 bits per heavy atom. The van der Waals surface area contributed by atoms with E-state index < -0.39 is 23.9 Å². The number of hydrogen-bond acceptors (Lipinski definition) is 6. The summed E-state index contributed by atoms with van der Waals surface area (Å²) in [5, 5.41) is 2.85. The van der Waals surface area contributed by atoms with Gasteiger partial charge in [0, 0.05) is 26.3 Å². The fourth-order valence-corrected chi connectivity index (χ4v) is 3.20.